The molecule has 1 N–H and O–H groups in total. The first-order valence-electron chi connectivity index (χ1n) is 6.13. The van der Waals surface area contributed by atoms with Crippen LogP contribution in [0.1, 0.15) is 11.1 Å². The number of hydrogen-bond acceptors (Lipinski definition) is 2. The summed E-state index contributed by atoms with van der Waals surface area (Å²) in [4.78, 5) is 11.5. The molecule has 0 atom stereocenters. The lowest BCUT2D eigenvalue weighted by Gasteiger charge is -2.11. The summed E-state index contributed by atoms with van der Waals surface area (Å²) in [6.45, 7) is 5.57. The van der Waals surface area contributed by atoms with Gasteiger partial charge in [-0.3, -0.25) is 4.79 Å². The van der Waals surface area contributed by atoms with Gasteiger partial charge in [0.15, 0.2) is 0 Å². The summed E-state index contributed by atoms with van der Waals surface area (Å²) in [7, 11) is 0. The summed E-state index contributed by atoms with van der Waals surface area (Å²) in [5.74, 6) is 0. The van der Waals surface area contributed by atoms with Crippen LogP contribution in [-0.2, 0) is 6.54 Å². The molecule has 18 heavy (non-hydrogen) atoms. The summed E-state index contributed by atoms with van der Waals surface area (Å²) >= 11 is 0. The average Bonchev–Trinajstić information content (AvgIpc) is 2.36. The van der Waals surface area contributed by atoms with E-state index in [9.17, 15) is 4.79 Å². The van der Waals surface area contributed by atoms with Crippen molar-refractivity contribution in [2.75, 3.05) is 11.9 Å². The van der Waals surface area contributed by atoms with Gasteiger partial charge in [0.25, 0.3) is 5.56 Å². The van der Waals surface area contributed by atoms with E-state index in [-0.39, 0.29) is 5.56 Å². The van der Waals surface area contributed by atoms with Crippen molar-refractivity contribution < 1.29 is 0 Å². The lowest BCUT2D eigenvalue weighted by molar-refractivity contribution is 0.697. The maximum absolute atomic E-state index is 11.5. The van der Waals surface area contributed by atoms with Gasteiger partial charge in [0.2, 0.25) is 0 Å². The third-order valence-corrected chi connectivity index (χ3v) is 2.96. The number of anilines is 1. The Morgan fingerprint density at radius 2 is 2.00 bits per heavy atom. The second-order valence-corrected chi connectivity index (χ2v) is 4.48. The van der Waals surface area contributed by atoms with Gasteiger partial charge in [-0.25, -0.2) is 0 Å². The molecule has 2 aromatic rings. The Balaban J connectivity index is 1.99. The predicted octanol–water partition coefficient (Wildman–Crippen LogP) is 2.58. The quantitative estimate of drug-likeness (QED) is 0.894. The number of hydrogen-bond donors (Lipinski definition) is 1. The van der Waals surface area contributed by atoms with Gasteiger partial charge in [-0.15, -0.1) is 0 Å². The molecule has 1 heterocycles. The number of aryl methyl sites for hydroxylation is 2. The van der Waals surface area contributed by atoms with Crippen LogP contribution in [-0.4, -0.2) is 11.1 Å². The molecular formula is C15H18N2O. The largest absolute Gasteiger partial charge is 0.383 e. The summed E-state index contributed by atoms with van der Waals surface area (Å²) < 4.78 is 1.71. The van der Waals surface area contributed by atoms with Crippen LogP contribution in [0.25, 0.3) is 0 Å². The highest BCUT2D eigenvalue weighted by molar-refractivity contribution is 5.52. The molecule has 0 aliphatic carbocycles. The molecule has 0 radical (unpaired) electrons. The van der Waals surface area contributed by atoms with E-state index in [2.05, 4.69) is 37.4 Å². The van der Waals surface area contributed by atoms with Crippen molar-refractivity contribution in [3.8, 4) is 0 Å². The molecule has 3 heteroatoms. The highest BCUT2D eigenvalue weighted by Gasteiger charge is 1.98. The molecule has 3 nitrogen and oxygen atoms in total. The van der Waals surface area contributed by atoms with Crippen LogP contribution in [0, 0.1) is 13.8 Å². The molecular weight excluding hydrogens is 224 g/mol. The molecule has 0 saturated carbocycles. The van der Waals surface area contributed by atoms with Gasteiger partial charge < -0.3 is 9.88 Å². The molecule has 0 amide bonds. The predicted molar refractivity (Wildman–Crippen MR) is 75.1 cm³/mol. The van der Waals surface area contributed by atoms with Crippen LogP contribution in [0.4, 0.5) is 5.69 Å². The Kier molecular flexibility index (Phi) is 3.82. The Bertz CT molecular complexity index is 587. The Morgan fingerprint density at radius 3 is 2.78 bits per heavy atom. The molecule has 0 fully saturated rings. The molecule has 0 unspecified atom stereocenters. The summed E-state index contributed by atoms with van der Waals surface area (Å²) in [5, 5.41) is 3.37. The molecule has 1 aromatic carbocycles. The van der Waals surface area contributed by atoms with Crippen LogP contribution in [0.5, 0.6) is 0 Å². The second-order valence-electron chi connectivity index (χ2n) is 4.48. The van der Waals surface area contributed by atoms with E-state index in [1.54, 1.807) is 16.7 Å². The van der Waals surface area contributed by atoms with Crippen molar-refractivity contribution in [3.63, 3.8) is 0 Å². The van der Waals surface area contributed by atoms with Gasteiger partial charge in [0.1, 0.15) is 0 Å². The Labute approximate surface area is 107 Å². The molecule has 2 rings (SSSR count). The number of benzene rings is 1. The minimum Gasteiger partial charge on any atom is -0.383 e. The van der Waals surface area contributed by atoms with Gasteiger partial charge >= 0.3 is 0 Å². The van der Waals surface area contributed by atoms with Crippen molar-refractivity contribution in [2.24, 2.45) is 0 Å². The third kappa shape index (κ3) is 3.00. The fraction of sp³-hybridized carbons (Fsp3) is 0.267. The first kappa shape index (κ1) is 12.4. The molecule has 0 bridgehead atoms. The van der Waals surface area contributed by atoms with E-state index < -0.39 is 0 Å². The van der Waals surface area contributed by atoms with E-state index in [4.69, 9.17) is 0 Å². The first-order valence-corrected chi connectivity index (χ1v) is 6.13. The summed E-state index contributed by atoms with van der Waals surface area (Å²) in [6.07, 6.45) is 1.81. The normalized spacial score (nSPS) is 10.3. The number of pyridine rings is 1. The Morgan fingerprint density at radius 1 is 1.17 bits per heavy atom. The van der Waals surface area contributed by atoms with E-state index in [1.165, 1.54) is 11.1 Å². The van der Waals surface area contributed by atoms with E-state index in [0.29, 0.717) is 6.54 Å². The van der Waals surface area contributed by atoms with Crippen LogP contribution in [0.3, 0.4) is 0 Å². The van der Waals surface area contributed by atoms with Gasteiger partial charge in [-0.2, -0.15) is 0 Å². The highest BCUT2D eigenvalue weighted by Crippen LogP contribution is 2.15. The van der Waals surface area contributed by atoms with E-state index in [0.717, 1.165) is 12.2 Å². The lowest BCUT2D eigenvalue weighted by atomic mass is 10.1. The number of rotatable bonds is 4. The average molecular weight is 242 g/mol. The molecule has 0 aliphatic heterocycles. The Hall–Kier alpha value is -2.03. The zero-order valence-corrected chi connectivity index (χ0v) is 10.8. The smallest absolute Gasteiger partial charge is 0.250 e. The number of nitrogens with one attached hydrogen (secondary N) is 1. The summed E-state index contributed by atoms with van der Waals surface area (Å²) in [5.41, 5.74) is 3.64. The fourth-order valence-corrected chi connectivity index (χ4v) is 1.88. The van der Waals surface area contributed by atoms with Gasteiger partial charge in [-0.1, -0.05) is 18.2 Å². The molecule has 94 valence electrons. The maximum atomic E-state index is 11.5. The van der Waals surface area contributed by atoms with Crippen molar-refractivity contribution in [1.29, 1.82) is 0 Å². The van der Waals surface area contributed by atoms with E-state index in [1.807, 2.05) is 12.3 Å². The van der Waals surface area contributed by atoms with Gasteiger partial charge in [-0.05, 0) is 37.1 Å². The van der Waals surface area contributed by atoms with Crippen LogP contribution >= 0.6 is 0 Å². The number of nitrogens with zero attached hydrogens (tertiary/aromatic N) is 1. The standard InChI is InChI=1S/C15H18N2O/c1-12-6-7-13(2)14(11-12)16-8-10-17-9-4-3-5-15(17)18/h3-7,9,11,16H,8,10H2,1-2H3. The van der Waals surface area contributed by atoms with Crippen LogP contribution in [0.15, 0.2) is 47.4 Å². The highest BCUT2D eigenvalue weighted by atomic mass is 16.1. The van der Waals surface area contributed by atoms with Crippen molar-refractivity contribution in [2.45, 2.75) is 20.4 Å². The maximum Gasteiger partial charge on any atom is 0.250 e. The first-order chi connectivity index (χ1) is 8.66. The van der Waals surface area contributed by atoms with Crippen molar-refractivity contribution in [1.82, 2.24) is 4.57 Å². The van der Waals surface area contributed by atoms with Crippen molar-refractivity contribution in [3.05, 3.63) is 64.1 Å². The minimum absolute atomic E-state index is 0.0419. The lowest BCUT2D eigenvalue weighted by Crippen LogP contribution is -2.22. The van der Waals surface area contributed by atoms with E-state index >= 15 is 0 Å². The van der Waals surface area contributed by atoms with Gasteiger partial charge in [0.05, 0.1) is 0 Å². The minimum atomic E-state index is 0.0419. The third-order valence-electron chi connectivity index (χ3n) is 2.96. The fourth-order valence-electron chi connectivity index (χ4n) is 1.88. The topological polar surface area (TPSA) is 34.0 Å². The molecule has 0 aliphatic rings. The molecule has 0 spiro atoms. The van der Waals surface area contributed by atoms with Crippen LogP contribution in [0.2, 0.25) is 0 Å². The second kappa shape index (κ2) is 5.54. The SMILES string of the molecule is Cc1ccc(C)c(NCCn2ccccc2=O)c1. The molecule has 1 aromatic heterocycles. The zero-order valence-electron chi connectivity index (χ0n) is 10.8. The molecule has 0 saturated heterocycles. The van der Waals surface area contributed by atoms with Crippen LogP contribution < -0.4 is 10.9 Å². The zero-order chi connectivity index (χ0) is 13.0. The van der Waals surface area contributed by atoms with Crippen molar-refractivity contribution >= 4 is 5.69 Å². The number of aromatic nitrogens is 1. The monoisotopic (exact) mass is 242 g/mol. The van der Waals surface area contributed by atoms with Gasteiger partial charge in [0, 0.05) is 31.0 Å². The summed E-state index contributed by atoms with van der Waals surface area (Å²) in [6, 6.07) is 11.5.